The lowest BCUT2D eigenvalue weighted by molar-refractivity contribution is -0.117. The number of fused-ring (bicyclic) bond motifs is 1. The van der Waals surface area contributed by atoms with E-state index in [4.69, 9.17) is 0 Å². The van der Waals surface area contributed by atoms with Crippen molar-refractivity contribution in [3.05, 3.63) is 36.3 Å². The largest absolute Gasteiger partial charge is 0.346 e. The minimum absolute atomic E-state index is 0.0562. The van der Waals surface area contributed by atoms with Gasteiger partial charge in [0.15, 0.2) is 0 Å². The predicted octanol–water partition coefficient (Wildman–Crippen LogP) is 3.80. The highest BCUT2D eigenvalue weighted by Gasteiger charge is 2.30. The summed E-state index contributed by atoms with van der Waals surface area (Å²) in [7, 11) is 0. The highest BCUT2D eigenvalue weighted by Crippen LogP contribution is 2.32. The Hall–Kier alpha value is -2.61. The molecule has 3 aromatic rings. The molecule has 25 heavy (non-hydrogen) atoms. The number of hydrogen-bond donors (Lipinski definition) is 3. The maximum Gasteiger partial charge on any atom is 0.232 e. The third-order valence-corrected chi connectivity index (χ3v) is 4.48. The van der Waals surface area contributed by atoms with Crippen molar-refractivity contribution in [1.29, 1.82) is 0 Å². The van der Waals surface area contributed by atoms with Gasteiger partial charge in [-0.05, 0) is 31.0 Å². The van der Waals surface area contributed by atoms with Gasteiger partial charge in [0.25, 0.3) is 0 Å². The van der Waals surface area contributed by atoms with Crippen molar-refractivity contribution < 1.29 is 9.18 Å². The molecule has 2 heterocycles. The lowest BCUT2D eigenvalue weighted by atomic mass is 10.1. The molecule has 8 heteroatoms. The van der Waals surface area contributed by atoms with Gasteiger partial charge in [-0.2, -0.15) is 4.98 Å². The molecule has 1 saturated carbocycles. The van der Waals surface area contributed by atoms with E-state index in [0.29, 0.717) is 22.6 Å². The van der Waals surface area contributed by atoms with Crippen LogP contribution in [-0.2, 0) is 4.79 Å². The smallest absolute Gasteiger partial charge is 0.232 e. The van der Waals surface area contributed by atoms with Gasteiger partial charge in [0, 0.05) is 29.3 Å². The van der Waals surface area contributed by atoms with Crippen LogP contribution in [0.1, 0.15) is 12.8 Å². The quantitative estimate of drug-likeness (QED) is 0.605. The molecule has 0 bridgehead atoms. The number of nitrogens with zero attached hydrogens (tertiary/aromatic N) is 2. The molecule has 1 amide bonds. The summed E-state index contributed by atoms with van der Waals surface area (Å²) in [6.07, 6.45) is 5.38. The lowest BCUT2D eigenvalue weighted by Gasteiger charge is -2.09. The Morgan fingerprint density at radius 3 is 2.88 bits per heavy atom. The van der Waals surface area contributed by atoms with E-state index < -0.39 is 0 Å². The number of aromatic amines is 1. The predicted molar refractivity (Wildman–Crippen MR) is 97.8 cm³/mol. The molecule has 0 aliphatic heterocycles. The van der Waals surface area contributed by atoms with Crippen molar-refractivity contribution in [3.8, 4) is 11.3 Å². The molecule has 1 aliphatic rings. The van der Waals surface area contributed by atoms with Gasteiger partial charge in [-0.3, -0.25) is 10.1 Å². The number of benzene rings is 1. The van der Waals surface area contributed by atoms with E-state index in [2.05, 4.69) is 25.0 Å². The monoisotopic (exact) mass is 357 g/mol. The summed E-state index contributed by atoms with van der Waals surface area (Å²) in [4.78, 5) is 23.8. The van der Waals surface area contributed by atoms with E-state index in [9.17, 15) is 9.18 Å². The molecule has 1 aromatic carbocycles. The average molecular weight is 357 g/mol. The van der Waals surface area contributed by atoms with E-state index in [1.807, 2.05) is 12.3 Å². The van der Waals surface area contributed by atoms with Crippen molar-refractivity contribution in [2.45, 2.75) is 12.8 Å². The number of anilines is 2. The van der Waals surface area contributed by atoms with Gasteiger partial charge < -0.3 is 9.71 Å². The fraction of sp³-hybridized carbons (Fsp3) is 0.235. The molecule has 1 fully saturated rings. The highest BCUT2D eigenvalue weighted by molar-refractivity contribution is 7.99. The molecular formula is C17H16FN5OS. The highest BCUT2D eigenvalue weighted by atomic mass is 32.2. The van der Waals surface area contributed by atoms with Gasteiger partial charge in [-0.25, -0.2) is 9.37 Å². The Morgan fingerprint density at radius 1 is 1.32 bits per heavy atom. The maximum atomic E-state index is 14.3. The number of carbonyl (C=O) groups is 1. The normalized spacial score (nSPS) is 13.8. The van der Waals surface area contributed by atoms with Crippen LogP contribution in [0, 0.1) is 11.7 Å². The minimum atomic E-state index is -0.363. The number of halogens is 1. The summed E-state index contributed by atoms with van der Waals surface area (Å²) in [5.74, 6) is -0.144. The van der Waals surface area contributed by atoms with Gasteiger partial charge in [0.05, 0.1) is 11.4 Å². The van der Waals surface area contributed by atoms with Crippen molar-refractivity contribution in [2.24, 2.45) is 5.92 Å². The lowest BCUT2D eigenvalue weighted by Crippen LogP contribution is -2.15. The SMILES string of the molecule is CSNc1ccc(-c2nc(NC(=O)C3CC3)nc3[nH]ccc23)cc1F. The van der Waals surface area contributed by atoms with Crippen LogP contribution in [0.25, 0.3) is 22.3 Å². The fourth-order valence-corrected chi connectivity index (χ4v) is 3.02. The third-order valence-electron chi connectivity index (χ3n) is 4.05. The number of nitrogens with one attached hydrogen (secondary N) is 3. The van der Waals surface area contributed by atoms with E-state index in [1.54, 1.807) is 18.3 Å². The van der Waals surface area contributed by atoms with E-state index in [-0.39, 0.29) is 23.6 Å². The Kier molecular flexibility index (Phi) is 4.04. The molecule has 3 N–H and O–H groups in total. The number of rotatable bonds is 5. The van der Waals surface area contributed by atoms with Crippen LogP contribution in [0.4, 0.5) is 16.0 Å². The number of H-pyrrole nitrogens is 1. The second-order valence-corrected chi connectivity index (χ2v) is 6.51. The van der Waals surface area contributed by atoms with Crippen LogP contribution < -0.4 is 10.0 Å². The first kappa shape index (κ1) is 15.9. The molecule has 1 aliphatic carbocycles. The number of hydrogen-bond acceptors (Lipinski definition) is 5. The summed E-state index contributed by atoms with van der Waals surface area (Å²) in [6.45, 7) is 0. The number of amides is 1. The minimum Gasteiger partial charge on any atom is -0.346 e. The summed E-state index contributed by atoms with van der Waals surface area (Å²) in [6, 6.07) is 6.73. The van der Waals surface area contributed by atoms with E-state index in [0.717, 1.165) is 18.2 Å². The standard InChI is InChI=1S/C17H16FN5OS/c1-25-23-13-5-4-10(8-12(13)18)14-11-6-7-19-15(11)21-17(20-14)22-16(24)9-2-3-9/h4-9,23H,2-3H2,1H3,(H2,19,20,21,22,24). The first-order chi connectivity index (χ1) is 12.2. The van der Waals surface area contributed by atoms with Crippen LogP contribution in [0.15, 0.2) is 30.5 Å². The first-order valence-electron chi connectivity index (χ1n) is 7.90. The van der Waals surface area contributed by atoms with Crippen molar-refractivity contribution in [1.82, 2.24) is 15.0 Å². The van der Waals surface area contributed by atoms with Crippen molar-refractivity contribution >= 4 is 40.5 Å². The van der Waals surface area contributed by atoms with Crippen LogP contribution in [0.3, 0.4) is 0 Å². The topological polar surface area (TPSA) is 82.7 Å². The molecule has 0 atom stereocenters. The van der Waals surface area contributed by atoms with Gasteiger partial charge in [-0.15, -0.1) is 0 Å². The van der Waals surface area contributed by atoms with Gasteiger partial charge in [-0.1, -0.05) is 18.0 Å². The van der Waals surface area contributed by atoms with Crippen LogP contribution >= 0.6 is 11.9 Å². The van der Waals surface area contributed by atoms with Crippen molar-refractivity contribution in [3.63, 3.8) is 0 Å². The zero-order valence-electron chi connectivity index (χ0n) is 13.5. The molecule has 0 saturated heterocycles. The molecule has 4 rings (SSSR count). The molecule has 0 radical (unpaired) electrons. The Bertz CT molecular complexity index is 953. The number of aromatic nitrogens is 3. The van der Waals surface area contributed by atoms with Gasteiger partial charge in [0.1, 0.15) is 11.5 Å². The summed E-state index contributed by atoms with van der Waals surface area (Å²) < 4.78 is 17.2. The molecule has 6 nitrogen and oxygen atoms in total. The zero-order chi connectivity index (χ0) is 17.4. The molecule has 0 unspecified atom stereocenters. The summed E-state index contributed by atoms with van der Waals surface area (Å²) in [5, 5.41) is 3.52. The Morgan fingerprint density at radius 2 is 2.16 bits per heavy atom. The Balaban J connectivity index is 1.75. The summed E-state index contributed by atoms with van der Waals surface area (Å²) in [5.41, 5.74) is 2.21. The van der Waals surface area contributed by atoms with Gasteiger partial charge >= 0.3 is 0 Å². The molecule has 2 aromatic heterocycles. The molecule has 128 valence electrons. The second-order valence-electron chi connectivity index (χ2n) is 5.90. The first-order valence-corrected chi connectivity index (χ1v) is 9.13. The van der Waals surface area contributed by atoms with Gasteiger partial charge in [0.2, 0.25) is 11.9 Å². The number of carbonyl (C=O) groups excluding carboxylic acids is 1. The van der Waals surface area contributed by atoms with Crippen LogP contribution in [-0.4, -0.2) is 27.1 Å². The second kappa shape index (κ2) is 6.36. The average Bonchev–Trinajstić information content (AvgIpc) is 3.35. The van der Waals surface area contributed by atoms with Crippen LogP contribution in [0.2, 0.25) is 0 Å². The maximum absolute atomic E-state index is 14.3. The fourth-order valence-electron chi connectivity index (χ4n) is 2.63. The zero-order valence-corrected chi connectivity index (χ0v) is 14.3. The Labute approximate surface area is 147 Å². The third kappa shape index (κ3) is 3.17. The summed E-state index contributed by atoms with van der Waals surface area (Å²) >= 11 is 1.32. The van der Waals surface area contributed by atoms with Crippen molar-refractivity contribution in [2.75, 3.05) is 16.3 Å². The van der Waals surface area contributed by atoms with E-state index in [1.165, 1.54) is 18.0 Å². The molecule has 0 spiro atoms. The van der Waals surface area contributed by atoms with E-state index >= 15 is 0 Å². The van der Waals surface area contributed by atoms with Crippen LogP contribution in [0.5, 0.6) is 0 Å². The molecular weight excluding hydrogens is 341 g/mol.